The molecule has 0 N–H and O–H groups in total. The Morgan fingerprint density at radius 3 is 2.46 bits per heavy atom. The minimum Gasteiger partial charge on any atom is -0.0716 e. The average molecular weight is 336 g/mol. The first-order valence-electron chi connectivity index (χ1n) is 9.70. The van der Waals surface area contributed by atoms with E-state index in [1.807, 2.05) is 0 Å². The van der Waals surface area contributed by atoms with Crippen LogP contribution in [0.4, 0.5) is 0 Å². The molecule has 2 atom stereocenters. The van der Waals surface area contributed by atoms with Crippen molar-refractivity contribution in [3.63, 3.8) is 0 Å². The molecule has 2 unspecified atom stereocenters. The van der Waals surface area contributed by atoms with Crippen molar-refractivity contribution in [3.8, 4) is 11.1 Å². The molecule has 0 amide bonds. The molecule has 0 spiro atoms. The highest BCUT2D eigenvalue weighted by Crippen LogP contribution is 2.33. The largest absolute Gasteiger partial charge is 0.0716 e. The van der Waals surface area contributed by atoms with E-state index in [9.17, 15) is 0 Å². The maximum absolute atomic E-state index is 2.55. The van der Waals surface area contributed by atoms with Gasteiger partial charge in [0.15, 0.2) is 0 Å². The summed E-state index contributed by atoms with van der Waals surface area (Å²) in [5.74, 6) is 1.14. The van der Waals surface area contributed by atoms with E-state index >= 15 is 0 Å². The third-order valence-electron chi connectivity index (χ3n) is 6.26. The van der Waals surface area contributed by atoms with Crippen LogP contribution in [0.25, 0.3) is 23.3 Å². The SMILES string of the molecule is Cc1ccccc1C1C=c2c(ccc3c2=CCc2ccccc2-3)CC1C. The van der Waals surface area contributed by atoms with E-state index in [4.69, 9.17) is 0 Å². The fourth-order valence-electron chi connectivity index (χ4n) is 4.86. The first-order valence-corrected chi connectivity index (χ1v) is 9.70. The Labute approximate surface area is 155 Å². The molecule has 26 heavy (non-hydrogen) atoms. The standard InChI is InChI=1S/C26H24/c1-17-7-3-5-9-21(17)25-16-26-20(15-18(25)2)12-14-23-22-10-6-4-8-19(22)11-13-24(23)26/h3-10,12-14,16,18,25H,11,15H2,1-2H3. The van der Waals surface area contributed by atoms with Crippen LogP contribution in [0.1, 0.15) is 35.1 Å². The van der Waals surface area contributed by atoms with Gasteiger partial charge in [0.1, 0.15) is 0 Å². The molecule has 128 valence electrons. The van der Waals surface area contributed by atoms with Gasteiger partial charge in [-0.25, -0.2) is 0 Å². The fraction of sp³-hybridized carbons (Fsp3) is 0.231. The molecule has 5 rings (SSSR count). The molecule has 0 bridgehead atoms. The zero-order valence-electron chi connectivity index (χ0n) is 15.5. The van der Waals surface area contributed by atoms with Gasteiger partial charge in [-0.15, -0.1) is 0 Å². The van der Waals surface area contributed by atoms with Crippen molar-refractivity contribution in [1.82, 2.24) is 0 Å². The van der Waals surface area contributed by atoms with Gasteiger partial charge in [0.25, 0.3) is 0 Å². The minimum absolute atomic E-state index is 0.501. The first-order chi connectivity index (χ1) is 12.7. The number of rotatable bonds is 1. The van der Waals surface area contributed by atoms with Crippen LogP contribution in [0, 0.1) is 12.8 Å². The first kappa shape index (κ1) is 15.6. The Morgan fingerprint density at radius 2 is 1.58 bits per heavy atom. The maximum atomic E-state index is 2.55. The van der Waals surface area contributed by atoms with Crippen molar-refractivity contribution in [2.24, 2.45) is 5.92 Å². The topological polar surface area (TPSA) is 0 Å². The van der Waals surface area contributed by atoms with Crippen molar-refractivity contribution in [2.75, 3.05) is 0 Å². The molecule has 0 heteroatoms. The highest BCUT2D eigenvalue weighted by Gasteiger charge is 2.24. The van der Waals surface area contributed by atoms with Crippen LogP contribution in [0.3, 0.4) is 0 Å². The Kier molecular flexibility index (Phi) is 3.60. The Morgan fingerprint density at radius 1 is 0.769 bits per heavy atom. The number of aryl methyl sites for hydroxylation is 1. The average Bonchev–Trinajstić information content (AvgIpc) is 2.67. The lowest BCUT2D eigenvalue weighted by Crippen LogP contribution is -2.37. The van der Waals surface area contributed by atoms with Gasteiger partial charge in [-0.1, -0.05) is 79.7 Å². The second-order valence-electron chi connectivity index (χ2n) is 7.90. The smallest absolute Gasteiger partial charge is 0.00587 e. The van der Waals surface area contributed by atoms with E-state index in [0.29, 0.717) is 11.8 Å². The van der Waals surface area contributed by atoms with E-state index in [0.717, 1.165) is 12.8 Å². The molecular formula is C26H24. The molecule has 0 fully saturated rings. The van der Waals surface area contributed by atoms with E-state index < -0.39 is 0 Å². The van der Waals surface area contributed by atoms with E-state index in [2.05, 4.69) is 86.7 Å². The normalized spacial score (nSPS) is 20.2. The summed E-state index contributed by atoms with van der Waals surface area (Å²) in [5, 5.41) is 2.93. The molecule has 3 aromatic rings. The second-order valence-corrected chi connectivity index (χ2v) is 7.90. The fourth-order valence-corrected chi connectivity index (χ4v) is 4.86. The minimum atomic E-state index is 0.501. The second kappa shape index (κ2) is 5.99. The van der Waals surface area contributed by atoms with Crippen molar-refractivity contribution in [2.45, 2.75) is 32.6 Å². The van der Waals surface area contributed by atoms with Crippen molar-refractivity contribution in [1.29, 1.82) is 0 Å². The lowest BCUT2D eigenvalue weighted by molar-refractivity contribution is 0.523. The summed E-state index contributed by atoms with van der Waals surface area (Å²) in [6.45, 7) is 4.64. The van der Waals surface area contributed by atoms with Crippen LogP contribution in [0.2, 0.25) is 0 Å². The summed E-state index contributed by atoms with van der Waals surface area (Å²) in [6.07, 6.45) is 7.19. The van der Waals surface area contributed by atoms with Gasteiger partial charge >= 0.3 is 0 Å². The highest BCUT2D eigenvalue weighted by atomic mass is 14.3. The van der Waals surface area contributed by atoms with Gasteiger partial charge in [-0.3, -0.25) is 0 Å². The third kappa shape index (κ3) is 2.36. The van der Waals surface area contributed by atoms with Crippen molar-refractivity contribution in [3.05, 3.63) is 93.4 Å². The van der Waals surface area contributed by atoms with Crippen LogP contribution in [-0.2, 0) is 12.8 Å². The molecule has 2 aliphatic carbocycles. The molecular weight excluding hydrogens is 312 g/mol. The van der Waals surface area contributed by atoms with Gasteiger partial charge in [0.05, 0.1) is 0 Å². The van der Waals surface area contributed by atoms with Gasteiger partial charge in [-0.2, -0.15) is 0 Å². The predicted octanol–water partition coefficient (Wildman–Crippen LogP) is 4.76. The molecule has 3 aromatic carbocycles. The number of fused-ring (bicyclic) bond motifs is 5. The molecule has 0 saturated heterocycles. The molecule has 0 radical (unpaired) electrons. The predicted molar refractivity (Wildman–Crippen MR) is 111 cm³/mol. The Bertz CT molecular complexity index is 1120. The number of benzene rings is 3. The zero-order chi connectivity index (χ0) is 17.7. The summed E-state index contributed by atoms with van der Waals surface area (Å²) in [5.41, 5.74) is 8.66. The molecule has 2 aliphatic rings. The zero-order valence-corrected chi connectivity index (χ0v) is 15.5. The number of hydrogen-bond donors (Lipinski definition) is 0. The maximum Gasteiger partial charge on any atom is 0.00587 e. The summed E-state index contributed by atoms with van der Waals surface area (Å²) < 4.78 is 0. The monoisotopic (exact) mass is 336 g/mol. The Hall–Kier alpha value is -2.60. The van der Waals surface area contributed by atoms with Crippen LogP contribution >= 0.6 is 0 Å². The third-order valence-corrected chi connectivity index (χ3v) is 6.26. The van der Waals surface area contributed by atoms with Crippen molar-refractivity contribution >= 4 is 12.2 Å². The van der Waals surface area contributed by atoms with E-state index in [-0.39, 0.29) is 0 Å². The summed E-state index contributed by atoms with van der Waals surface area (Å²) in [6, 6.07) is 22.4. The van der Waals surface area contributed by atoms with Crippen LogP contribution in [-0.4, -0.2) is 0 Å². The molecule has 0 aliphatic heterocycles. The van der Waals surface area contributed by atoms with Gasteiger partial charge in [0.2, 0.25) is 0 Å². The highest BCUT2D eigenvalue weighted by molar-refractivity contribution is 5.74. The molecule has 0 nitrogen and oxygen atoms in total. The quantitative estimate of drug-likeness (QED) is 0.601. The molecule has 0 heterocycles. The Balaban J connectivity index is 1.75. The van der Waals surface area contributed by atoms with Gasteiger partial charge < -0.3 is 0 Å². The van der Waals surface area contributed by atoms with E-state index in [1.54, 1.807) is 0 Å². The summed E-state index contributed by atoms with van der Waals surface area (Å²) >= 11 is 0. The van der Waals surface area contributed by atoms with E-state index in [1.165, 1.54) is 43.8 Å². The van der Waals surface area contributed by atoms with Crippen LogP contribution < -0.4 is 10.4 Å². The lowest BCUT2D eigenvalue weighted by Gasteiger charge is -2.28. The van der Waals surface area contributed by atoms with Crippen LogP contribution in [0.5, 0.6) is 0 Å². The summed E-state index contributed by atoms with van der Waals surface area (Å²) in [4.78, 5) is 0. The molecule has 0 saturated carbocycles. The van der Waals surface area contributed by atoms with Crippen molar-refractivity contribution < 1.29 is 0 Å². The lowest BCUT2D eigenvalue weighted by atomic mass is 9.76. The summed E-state index contributed by atoms with van der Waals surface area (Å²) in [7, 11) is 0. The molecule has 0 aromatic heterocycles. The van der Waals surface area contributed by atoms with Gasteiger partial charge in [0, 0.05) is 5.92 Å². The van der Waals surface area contributed by atoms with Gasteiger partial charge in [-0.05, 0) is 69.5 Å². The van der Waals surface area contributed by atoms with Crippen LogP contribution in [0.15, 0.2) is 60.7 Å². The number of hydrogen-bond acceptors (Lipinski definition) is 0.